The third-order valence-corrected chi connectivity index (χ3v) is 3.97. The molecule has 7 heteroatoms. The molecule has 0 unspecified atom stereocenters. The van der Waals surface area contributed by atoms with Crippen molar-refractivity contribution in [3.63, 3.8) is 0 Å². The van der Waals surface area contributed by atoms with Gasteiger partial charge in [-0.2, -0.15) is 0 Å². The molecule has 0 amide bonds. The second-order valence-corrected chi connectivity index (χ2v) is 5.49. The van der Waals surface area contributed by atoms with Crippen molar-refractivity contribution in [3.8, 4) is 5.75 Å². The topological polar surface area (TPSA) is 92.8 Å². The van der Waals surface area contributed by atoms with Gasteiger partial charge in [0.25, 0.3) is 5.56 Å². The van der Waals surface area contributed by atoms with Crippen LogP contribution in [0.4, 0.5) is 0 Å². The Hall–Kier alpha value is -3.35. The molecule has 0 aliphatic rings. The Labute approximate surface area is 135 Å². The molecule has 0 bridgehead atoms. The van der Waals surface area contributed by atoms with Crippen LogP contribution in [0.5, 0.6) is 5.75 Å². The Morgan fingerprint density at radius 2 is 1.96 bits per heavy atom. The monoisotopic (exact) mass is 322 g/mol. The molecule has 0 spiro atoms. The van der Waals surface area contributed by atoms with E-state index in [1.807, 2.05) is 18.2 Å². The first-order valence-corrected chi connectivity index (χ1v) is 7.39. The predicted octanol–water partition coefficient (Wildman–Crippen LogP) is 1.62. The first-order chi connectivity index (χ1) is 11.7. The average Bonchev–Trinajstić information content (AvgIpc) is 2.96. The van der Waals surface area contributed by atoms with E-state index >= 15 is 0 Å². The summed E-state index contributed by atoms with van der Waals surface area (Å²) in [5, 5.41) is 0.457. The molecule has 120 valence electrons. The number of nitrogens with zero attached hydrogens (tertiary/aromatic N) is 2. The molecule has 0 aliphatic carbocycles. The number of rotatable bonds is 3. The van der Waals surface area contributed by atoms with E-state index in [4.69, 9.17) is 4.74 Å². The third-order valence-electron chi connectivity index (χ3n) is 3.97. The van der Waals surface area contributed by atoms with Crippen LogP contribution in [0.1, 0.15) is 5.56 Å². The van der Waals surface area contributed by atoms with Gasteiger partial charge in [-0.25, -0.2) is 9.78 Å². The maximum absolute atomic E-state index is 12.8. The SMILES string of the molecule is COc1cccc2ncn(Cc3ccc4[nH]c(=O)[nH]c4c3)c(=O)c12. The number of imidazole rings is 1. The second kappa shape index (κ2) is 5.38. The number of aromatic amines is 2. The fourth-order valence-electron chi connectivity index (χ4n) is 2.83. The van der Waals surface area contributed by atoms with Gasteiger partial charge in [0.1, 0.15) is 11.1 Å². The van der Waals surface area contributed by atoms with Crippen LogP contribution < -0.4 is 16.0 Å². The number of aromatic nitrogens is 4. The fraction of sp³-hybridized carbons (Fsp3) is 0.118. The molecular formula is C17H14N4O3. The van der Waals surface area contributed by atoms with Gasteiger partial charge >= 0.3 is 5.69 Å². The number of nitrogens with one attached hydrogen (secondary N) is 2. The number of benzene rings is 2. The normalized spacial score (nSPS) is 11.2. The largest absolute Gasteiger partial charge is 0.496 e. The van der Waals surface area contributed by atoms with Gasteiger partial charge in [0.15, 0.2) is 0 Å². The molecule has 0 aliphatic heterocycles. The minimum Gasteiger partial charge on any atom is -0.496 e. The molecule has 0 saturated carbocycles. The van der Waals surface area contributed by atoms with Crippen LogP contribution in [0, 0.1) is 0 Å². The number of hydrogen-bond donors (Lipinski definition) is 2. The van der Waals surface area contributed by atoms with Crippen LogP contribution >= 0.6 is 0 Å². The number of methoxy groups -OCH3 is 1. The van der Waals surface area contributed by atoms with E-state index in [0.29, 0.717) is 28.7 Å². The maximum atomic E-state index is 12.8. The van der Waals surface area contributed by atoms with Crippen molar-refractivity contribution in [3.05, 3.63) is 69.1 Å². The lowest BCUT2D eigenvalue weighted by molar-refractivity contribution is 0.419. The highest BCUT2D eigenvalue weighted by molar-refractivity contribution is 5.84. The van der Waals surface area contributed by atoms with E-state index in [0.717, 1.165) is 11.1 Å². The zero-order valence-electron chi connectivity index (χ0n) is 12.9. The lowest BCUT2D eigenvalue weighted by Crippen LogP contribution is -2.21. The van der Waals surface area contributed by atoms with Crippen LogP contribution in [0.3, 0.4) is 0 Å². The smallest absolute Gasteiger partial charge is 0.323 e. The van der Waals surface area contributed by atoms with Crippen molar-refractivity contribution >= 4 is 21.9 Å². The Kier molecular flexibility index (Phi) is 3.19. The number of ether oxygens (including phenoxy) is 1. The molecule has 7 nitrogen and oxygen atoms in total. The molecule has 0 saturated heterocycles. The van der Waals surface area contributed by atoms with Gasteiger partial charge in [-0.05, 0) is 29.8 Å². The molecule has 0 atom stereocenters. The van der Waals surface area contributed by atoms with Crippen LogP contribution in [0.2, 0.25) is 0 Å². The van der Waals surface area contributed by atoms with Gasteiger partial charge in [0, 0.05) is 0 Å². The van der Waals surface area contributed by atoms with Crippen LogP contribution in [0.25, 0.3) is 21.9 Å². The fourth-order valence-corrected chi connectivity index (χ4v) is 2.83. The van der Waals surface area contributed by atoms with Gasteiger partial charge in [-0.3, -0.25) is 9.36 Å². The van der Waals surface area contributed by atoms with Gasteiger partial charge in [-0.15, -0.1) is 0 Å². The third kappa shape index (κ3) is 2.26. The summed E-state index contributed by atoms with van der Waals surface area (Å²) in [6.45, 7) is 0.350. The molecule has 0 radical (unpaired) electrons. The van der Waals surface area contributed by atoms with Crippen LogP contribution in [-0.4, -0.2) is 26.6 Å². The molecule has 2 heterocycles. The molecule has 0 fully saturated rings. The lowest BCUT2D eigenvalue weighted by atomic mass is 10.2. The van der Waals surface area contributed by atoms with Gasteiger partial charge in [0.2, 0.25) is 0 Å². The summed E-state index contributed by atoms with van der Waals surface area (Å²) < 4.78 is 6.80. The lowest BCUT2D eigenvalue weighted by Gasteiger charge is -2.09. The predicted molar refractivity (Wildman–Crippen MR) is 90.6 cm³/mol. The molecule has 4 aromatic rings. The highest BCUT2D eigenvalue weighted by Crippen LogP contribution is 2.20. The van der Waals surface area contributed by atoms with E-state index in [1.165, 1.54) is 18.0 Å². The van der Waals surface area contributed by atoms with E-state index in [2.05, 4.69) is 15.0 Å². The minimum atomic E-state index is -0.253. The number of hydrogen-bond acceptors (Lipinski definition) is 4. The Morgan fingerprint density at radius 1 is 1.12 bits per heavy atom. The number of fused-ring (bicyclic) bond motifs is 2. The first-order valence-electron chi connectivity index (χ1n) is 7.39. The van der Waals surface area contributed by atoms with Gasteiger partial charge in [0.05, 0.1) is 36.5 Å². The quantitative estimate of drug-likeness (QED) is 0.599. The average molecular weight is 322 g/mol. The molecule has 2 N–H and O–H groups in total. The molecule has 2 aromatic carbocycles. The molecule has 4 rings (SSSR count). The summed E-state index contributed by atoms with van der Waals surface area (Å²) in [6.07, 6.45) is 1.52. The molecular weight excluding hydrogens is 308 g/mol. The van der Waals surface area contributed by atoms with Crippen molar-refractivity contribution < 1.29 is 4.74 Å². The summed E-state index contributed by atoms with van der Waals surface area (Å²) in [5.74, 6) is 0.504. The molecule has 2 aromatic heterocycles. The first kappa shape index (κ1) is 14.3. The zero-order chi connectivity index (χ0) is 16.7. The van der Waals surface area contributed by atoms with E-state index in [9.17, 15) is 9.59 Å². The summed E-state index contributed by atoms with van der Waals surface area (Å²) in [4.78, 5) is 33.8. The van der Waals surface area contributed by atoms with Crippen molar-refractivity contribution in [1.82, 2.24) is 19.5 Å². The highest BCUT2D eigenvalue weighted by Gasteiger charge is 2.10. The highest BCUT2D eigenvalue weighted by atomic mass is 16.5. The van der Waals surface area contributed by atoms with Crippen LogP contribution in [0.15, 0.2) is 52.3 Å². The summed E-state index contributed by atoms with van der Waals surface area (Å²) in [6, 6.07) is 10.8. The zero-order valence-corrected chi connectivity index (χ0v) is 12.9. The number of H-pyrrole nitrogens is 2. The summed E-state index contributed by atoms with van der Waals surface area (Å²) in [5.41, 5.74) is 2.50. The van der Waals surface area contributed by atoms with E-state index in [1.54, 1.807) is 18.2 Å². The van der Waals surface area contributed by atoms with Crippen molar-refractivity contribution in [2.24, 2.45) is 0 Å². The Bertz CT molecular complexity index is 1170. The minimum absolute atomic E-state index is 0.167. The second-order valence-electron chi connectivity index (χ2n) is 5.49. The molecule has 24 heavy (non-hydrogen) atoms. The summed E-state index contributed by atoms with van der Waals surface area (Å²) in [7, 11) is 1.53. The summed E-state index contributed by atoms with van der Waals surface area (Å²) >= 11 is 0. The van der Waals surface area contributed by atoms with Gasteiger partial charge in [-0.1, -0.05) is 12.1 Å². The van der Waals surface area contributed by atoms with Crippen molar-refractivity contribution in [2.45, 2.75) is 6.54 Å². The Morgan fingerprint density at radius 3 is 2.79 bits per heavy atom. The van der Waals surface area contributed by atoms with Crippen molar-refractivity contribution in [2.75, 3.05) is 7.11 Å². The van der Waals surface area contributed by atoms with E-state index in [-0.39, 0.29) is 11.2 Å². The van der Waals surface area contributed by atoms with Crippen LogP contribution in [-0.2, 0) is 6.54 Å². The standard InChI is InChI=1S/C17H14N4O3/c1-24-14-4-2-3-12-15(14)16(22)21(9-18-12)8-10-5-6-11-13(7-10)20-17(23)19-11/h2-7,9H,8H2,1H3,(H2,19,20,23). The van der Waals surface area contributed by atoms with Crippen molar-refractivity contribution in [1.29, 1.82) is 0 Å². The van der Waals surface area contributed by atoms with E-state index < -0.39 is 0 Å². The Balaban J connectivity index is 1.82. The van der Waals surface area contributed by atoms with Gasteiger partial charge < -0.3 is 14.7 Å². The maximum Gasteiger partial charge on any atom is 0.323 e.